The Kier molecular flexibility index (Phi) is 11.5. The van der Waals surface area contributed by atoms with Crippen molar-refractivity contribution in [1.82, 2.24) is 0 Å². The van der Waals surface area contributed by atoms with E-state index in [0.717, 1.165) is 6.42 Å². The second-order valence-corrected chi connectivity index (χ2v) is 27.5. The van der Waals surface area contributed by atoms with Crippen LogP contribution in [0.4, 0.5) is 0 Å². The summed E-state index contributed by atoms with van der Waals surface area (Å²) in [5.41, 5.74) is 13.5. The molecule has 0 N–H and O–H groups in total. The molecular formula is C44H52Cl2SiZr. The third kappa shape index (κ3) is 7.35. The van der Waals surface area contributed by atoms with Crippen molar-refractivity contribution in [2.45, 2.75) is 92.3 Å². The Bertz CT molecular complexity index is 1870. The van der Waals surface area contributed by atoms with Crippen LogP contribution in [0.15, 0.2) is 111 Å². The predicted octanol–water partition coefficient (Wildman–Crippen LogP) is 5.10. The molecule has 6 rings (SSSR count). The maximum absolute atomic E-state index is 2.88. The van der Waals surface area contributed by atoms with E-state index < -0.39 is 29.3 Å². The Morgan fingerprint density at radius 2 is 1.21 bits per heavy atom. The van der Waals surface area contributed by atoms with Crippen LogP contribution in [0, 0.1) is 5.92 Å². The Hall–Kier alpha value is -2.09. The number of hydrogen-bond donors (Lipinski definition) is 0. The molecule has 4 aromatic carbocycles. The largest absolute Gasteiger partial charge is 1.00 e. The summed E-state index contributed by atoms with van der Waals surface area (Å²) >= 11 is -2.88. The molecule has 0 saturated heterocycles. The molecule has 0 saturated carbocycles. The average Bonchev–Trinajstić information content (AvgIpc) is 3.51. The van der Waals surface area contributed by atoms with Crippen LogP contribution in [0.2, 0.25) is 19.6 Å². The van der Waals surface area contributed by atoms with Gasteiger partial charge in [-0.05, 0) is 0 Å². The van der Waals surface area contributed by atoms with Crippen molar-refractivity contribution in [1.29, 1.82) is 0 Å². The molecule has 2 aliphatic rings. The molecule has 1 unspecified atom stereocenters. The molecule has 4 aromatic rings. The van der Waals surface area contributed by atoms with E-state index in [4.69, 9.17) is 0 Å². The average molecular weight is 771 g/mol. The zero-order valence-electron chi connectivity index (χ0n) is 30.8. The zero-order chi connectivity index (χ0) is 33.2. The van der Waals surface area contributed by atoms with Crippen LogP contribution in [0.1, 0.15) is 88.8 Å². The first kappa shape index (κ1) is 38.7. The summed E-state index contributed by atoms with van der Waals surface area (Å²) < 4.78 is 5.09. The molecule has 250 valence electrons. The molecule has 4 heteroatoms. The van der Waals surface area contributed by atoms with E-state index in [-0.39, 0.29) is 35.6 Å². The second-order valence-electron chi connectivity index (χ2n) is 16.7. The fraction of sp³-hybridized carbons (Fsp3) is 0.341. The number of rotatable bonds is 5. The maximum Gasteiger partial charge on any atom is -1.00 e. The maximum atomic E-state index is 2.69. The number of allylic oxidation sites excluding steroid dienone is 4. The van der Waals surface area contributed by atoms with Crippen molar-refractivity contribution < 1.29 is 46.1 Å². The number of benzene rings is 4. The van der Waals surface area contributed by atoms with Gasteiger partial charge in [0.25, 0.3) is 0 Å². The molecule has 2 aliphatic carbocycles. The molecule has 0 heterocycles. The topological polar surface area (TPSA) is 0 Å². The molecule has 0 nitrogen and oxygen atoms in total. The summed E-state index contributed by atoms with van der Waals surface area (Å²) in [5.74, 6) is 0.462. The van der Waals surface area contributed by atoms with Crippen LogP contribution in [-0.2, 0) is 38.5 Å². The monoisotopic (exact) mass is 768 g/mol. The first-order valence-electron chi connectivity index (χ1n) is 17.2. The quantitative estimate of drug-likeness (QED) is 0.219. The van der Waals surface area contributed by atoms with Crippen LogP contribution in [0.3, 0.4) is 0 Å². The molecule has 0 amide bonds. The van der Waals surface area contributed by atoms with E-state index in [1.54, 1.807) is 26.1 Å². The van der Waals surface area contributed by atoms with Crippen LogP contribution in [0.5, 0.6) is 0 Å². The van der Waals surface area contributed by atoms with Gasteiger partial charge in [0.05, 0.1) is 0 Å². The van der Waals surface area contributed by atoms with Crippen molar-refractivity contribution in [2.24, 2.45) is 5.92 Å². The van der Waals surface area contributed by atoms with Gasteiger partial charge < -0.3 is 24.8 Å². The van der Waals surface area contributed by atoms with Crippen molar-refractivity contribution in [3.05, 3.63) is 145 Å². The Balaban J connectivity index is 0.00000260. The van der Waals surface area contributed by atoms with E-state index in [1.807, 2.05) is 0 Å². The SMILES string of the molecule is CC1=[C]([Zr+2](=[C](c2ccccc2)c2ccccc2)[c]2cc(C(C)(C)C)cc3c2Cc2ccc(C(C)(C)C)cc2-3)C(C)C=C1[Si](C)(C)C.[Cl-].[Cl-]. The van der Waals surface area contributed by atoms with Gasteiger partial charge in [-0.3, -0.25) is 0 Å². The first-order chi connectivity index (χ1) is 21.6. The minimum atomic E-state index is -2.88. The molecule has 0 radical (unpaired) electrons. The third-order valence-corrected chi connectivity index (χ3v) is 20.7. The van der Waals surface area contributed by atoms with Gasteiger partial charge in [0.15, 0.2) is 0 Å². The fourth-order valence-electron chi connectivity index (χ4n) is 7.65. The summed E-state index contributed by atoms with van der Waals surface area (Å²) in [6.07, 6.45) is 3.70. The minimum Gasteiger partial charge on any atom is -1.00 e. The van der Waals surface area contributed by atoms with E-state index in [0.29, 0.717) is 5.92 Å². The Morgan fingerprint density at radius 3 is 1.69 bits per heavy atom. The number of halogens is 2. The van der Waals surface area contributed by atoms with Crippen molar-refractivity contribution in [3.63, 3.8) is 0 Å². The van der Waals surface area contributed by atoms with Gasteiger partial charge in [0, 0.05) is 0 Å². The molecule has 0 aliphatic heterocycles. The van der Waals surface area contributed by atoms with Gasteiger partial charge in [0.1, 0.15) is 0 Å². The van der Waals surface area contributed by atoms with E-state index >= 15 is 0 Å². The normalized spacial score (nSPS) is 15.5. The van der Waals surface area contributed by atoms with Gasteiger partial charge >= 0.3 is 290 Å². The minimum absolute atomic E-state index is 0. The van der Waals surface area contributed by atoms with Gasteiger partial charge in [-0.15, -0.1) is 0 Å². The summed E-state index contributed by atoms with van der Waals surface area (Å²) in [6.45, 7) is 26.8. The second kappa shape index (κ2) is 14.3. The van der Waals surface area contributed by atoms with Crippen molar-refractivity contribution in [3.8, 4) is 11.1 Å². The summed E-state index contributed by atoms with van der Waals surface area (Å²) in [6, 6.07) is 35.4. The van der Waals surface area contributed by atoms with Gasteiger partial charge in [0.2, 0.25) is 0 Å². The van der Waals surface area contributed by atoms with E-state index in [1.165, 1.54) is 38.9 Å². The predicted molar refractivity (Wildman–Crippen MR) is 201 cm³/mol. The van der Waals surface area contributed by atoms with Gasteiger partial charge in [-0.2, -0.15) is 0 Å². The summed E-state index contributed by atoms with van der Waals surface area (Å²) in [7, 11) is -1.52. The van der Waals surface area contributed by atoms with E-state index in [2.05, 4.69) is 172 Å². The van der Waals surface area contributed by atoms with Crippen LogP contribution < -0.4 is 28.1 Å². The zero-order valence-corrected chi connectivity index (χ0v) is 35.7. The molecule has 0 bridgehead atoms. The molecule has 0 aromatic heterocycles. The Morgan fingerprint density at radius 1 is 0.688 bits per heavy atom. The standard InChI is InChI=1S/C21H25.C13H10.C10H17Si.2ClH.Zr/c1-20(2,3)16-9-7-14-11-15-8-10-17(21(4,5)6)13-19(15)18(14)12-16;1-3-7-12(8-4-1)11-13-9-5-2-6-10-13;1-8-6-9(2)10(7-8)11(3,4)5;;;/h7,9-10,12-13H,11H2,1-6H3;1-10H;7-8H,1-5H3;2*1H;/q;;;;;+2/p-2. The number of hydrogen-bond acceptors (Lipinski definition) is 0. The molecule has 1 atom stereocenters. The van der Waals surface area contributed by atoms with E-state index in [9.17, 15) is 0 Å². The summed E-state index contributed by atoms with van der Waals surface area (Å²) in [4.78, 5) is 0. The molecular weight excluding hydrogens is 719 g/mol. The molecule has 0 spiro atoms. The van der Waals surface area contributed by atoms with Crippen LogP contribution >= 0.6 is 0 Å². The molecule has 48 heavy (non-hydrogen) atoms. The number of fused-ring (bicyclic) bond motifs is 3. The van der Waals surface area contributed by atoms with Crippen LogP contribution in [0.25, 0.3) is 11.1 Å². The first-order valence-corrected chi connectivity index (χ1v) is 24.3. The Labute approximate surface area is 312 Å². The fourth-order valence-corrected chi connectivity index (χ4v) is 18.8. The van der Waals surface area contributed by atoms with Crippen molar-refractivity contribution in [2.75, 3.05) is 0 Å². The third-order valence-electron chi connectivity index (χ3n) is 10.2. The van der Waals surface area contributed by atoms with Crippen molar-refractivity contribution >= 4 is 14.6 Å². The smallest absolute Gasteiger partial charge is 1.00 e. The van der Waals surface area contributed by atoms with Gasteiger partial charge in [-0.1, -0.05) is 0 Å². The van der Waals surface area contributed by atoms with Gasteiger partial charge in [-0.25, -0.2) is 0 Å². The van der Waals surface area contributed by atoms with Crippen LogP contribution in [-0.4, -0.2) is 11.3 Å². The molecule has 0 fully saturated rings. The summed E-state index contributed by atoms with van der Waals surface area (Å²) in [5, 5.41) is 1.68.